The minimum Gasteiger partial charge on any atom is -0.391 e. The van der Waals surface area contributed by atoms with E-state index in [1.54, 1.807) is 18.2 Å². The van der Waals surface area contributed by atoms with Crippen molar-refractivity contribution < 1.29 is 17.4 Å². The average molecular weight is 344 g/mol. The van der Waals surface area contributed by atoms with E-state index in [4.69, 9.17) is 0 Å². The van der Waals surface area contributed by atoms with E-state index < -0.39 is 0 Å². The Bertz CT molecular complexity index is 498. The van der Waals surface area contributed by atoms with Gasteiger partial charge in [-0.3, -0.25) is 0 Å². The largest absolute Gasteiger partial charge is 3.00 e. The van der Waals surface area contributed by atoms with Crippen molar-refractivity contribution in [3.8, 4) is 0 Å². The molecule has 0 saturated carbocycles. The van der Waals surface area contributed by atoms with Gasteiger partial charge in [0.25, 0.3) is 0 Å². The van der Waals surface area contributed by atoms with Gasteiger partial charge in [0.2, 0.25) is 0 Å². The zero-order valence-corrected chi connectivity index (χ0v) is 14.2. The summed E-state index contributed by atoms with van der Waals surface area (Å²) in [5.74, 6) is 0. The Hall–Kier alpha value is -2.02. The van der Waals surface area contributed by atoms with Crippen molar-refractivity contribution in [1.29, 1.82) is 0 Å². The summed E-state index contributed by atoms with van der Waals surface area (Å²) < 4.78 is 0. The second kappa shape index (κ2) is 14.9. The number of pyridine rings is 3. The van der Waals surface area contributed by atoms with Crippen molar-refractivity contribution in [3.63, 3.8) is 0 Å². The third-order valence-corrected chi connectivity index (χ3v) is 2.25. The molecule has 0 bridgehead atoms. The molecule has 0 aromatic carbocycles. The molecule has 0 aliphatic carbocycles. The predicted molar refractivity (Wildman–Crippen MR) is 90.2 cm³/mol. The number of nitrogens with zero attached hydrogens (tertiary/aromatic N) is 3. The third kappa shape index (κ3) is 13.4. The van der Waals surface area contributed by atoms with Crippen LogP contribution in [0.15, 0.2) is 54.6 Å². The Morgan fingerprint density at radius 3 is 0.957 bits per heavy atom. The van der Waals surface area contributed by atoms with Crippen molar-refractivity contribution in [1.82, 2.24) is 15.0 Å². The van der Waals surface area contributed by atoms with E-state index in [-0.39, 0.29) is 24.8 Å². The fourth-order valence-electron chi connectivity index (χ4n) is 1.22. The van der Waals surface area contributed by atoms with Gasteiger partial charge in [-0.1, -0.05) is 63.9 Å². The van der Waals surface area contributed by atoms with Crippen LogP contribution in [0.3, 0.4) is 0 Å². The molecule has 0 unspecified atom stereocenters. The van der Waals surface area contributed by atoms with Gasteiger partial charge < -0.3 is 15.0 Å². The van der Waals surface area contributed by atoms with Crippen LogP contribution in [0.1, 0.15) is 24.5 Å². The first-order valence-electron chi connectivity index (χ1n) is 6.57. The maximum Gasteiger partial charge on any atom is 3.00 e. The molecule has 0 aliphatic heterocycles. The van der Waals surface area contributed by atoms with Gasteiger partial charge in [-0.05, 0) is 0 Å². The smallest absolute Gasteiger partial charge is 0.391 e. The van der Waals surface area contributed by atoms with Gasteiger partial charge in [0, 0.05) is 0 Å². The second-order valence-electron chi connectivity index (χ2n) is 4.22. The summed E-state index contributed by atoms with van der Waals surface area (Å²) in [5, 5.41) is 0. The Morgan fingerprint density at radius 2 is 0.870 bits per heavy atom. The van der Waals surface area contributed by atoms with Crippen LogP contribution in [0.2, 0.25) is 0 Å². The van der Waals surface area contributed by atoms with E-state index >= 15 is 0 Å². The maximum absolute atomic E-state index is 3.85. The van der Waals surface area contributed by atoms with Crippen molar-refractivity contribution in [2.24, 2.45) is 0 Å². The van der Waals surface area contributed by atoms with Crippen LogP contribution in [-0.2, 0) is 17.4 Å². The zero-order valence-electron chi connectivity index (χ0n) is 12.9. The molecule has 0 saturated heterocycles. The number of hydrogen-bond acceptors (Lipinski definition) is 3. The van der Waals surface area contributed by atoms with Gasteiger partial charge in [-0.2, -0.15) is 54.6 Å². The van der Waals surface area contributed by atoms with Crippen molar-refractivity contribution >= 4 is 0 Å². The summed E-state index contributed by atoms with van der Waals surface area (Å²) in [4.78, 5) is 11.6. The molecular formula is C19H22CrN3. The molecule has 0 fully saturated rings. The summed E-state index contributed by atoms with van der Waals surface area (Å²) in [7, 11) is 0. The Balaban J connectivity index is 0. The Labute approximate surface area is 151 Å². The number of rotatable bonds is 0. The second-order valence-corrected chi connectivity index (χ2v) is 4.22. The first kappa shape index (κ1) is 23.3. The van der Waals surface area contributed by atoms with E-state index in [9.17, 15) is 0 Å². The van der Waals surface area contributed by atoms with Gasteiger partial charge in [-0.25, -0.2) is 0 Å². The molecule has 1 radical (unpaired) electrons. The topological polar surface area (TPSA) is 38.7 Å². The monoisotopic (exact) mass is 344 g/mol. The van der Waals surface area contributed by atoms with Crippen molar-refractivity contribution in [2.75, 3.05) is 0 Å². The summed E-state index contributed by atoms with van der Waals surface area (Å²) in [5.41, 5.74) is 3.05. The zero-order chi connectivity index (χ0) is 15.3. The number of aryl methyl sites for hydroxylation is 3. The molecule has 0 spiro atoms. The molecule has 3 nitrogen and oxygen atoms in total. The van der Waals surface area contributed by atoms with Gasteiger partial charge in [0.05, 0.1) is 0 Å². The normalized spacial score (nSPS) is 7.96. The summed E-state index contributed by atoms with van der Waals surface area (Å²) in [6.45, 7) is 5.82. The van der Waals surface area contributed by atoms with E-state index in [2.05, 4.69) is 33.5 Å². The van der Waals surface area contributed by atoms with Crippen LogP contribution in [0.4, 0.5) is 0 Å². The summed E-state index contributed by atoms with van der Waals surface area (Å²) in [6.07, 6.45) is 8.13. The quantitative estimate of drug-likeness (QED) is 0.574. The molecule has 3 heterocycles. The van der Waals surface area contributed by atoms with E-state index in [0.29, 0.717) is 0 Å². The van der Waals surface area contributed by atoms with Crippen LogP contribution in [0, 0.1) is 39.4 Å². The van der Waals surface area contributed by atoms with Crippen LogP contribution >= 0.6 is 0 Å². The molecule has 4 heteroatoms. The molecule has 0 atom stereocenters. The summed E-state index contributed by atoms with van der Waals surface area (Å²) >= 11 is 0. The molecule has 23 heavy (non-hydrogen) atoms. The third-order valence-electron chi connectivity index (χ3n) is 2.25. The fourth-order valence-corrected chi connectivity index (χ4v) is 1.22. The van der Waals surface area contributed by atoms with E-state index in [1.165, 1.54) is 0 Å². The molecule has 3 rings (SSSR count). The minimum atomic E-state index is 0. The first-order chi connectivity index (χ1) is 10.2. The fraction of sp³-hybridized carbons (Fsp3) is 0.211. The summed E-state index contributed by atoms with van der Waals surface area (Å²) in [6, 6.07) is 16.9. The average Bonchev–Trinajstić information content (AvgIpc) is 2.51. The molecule has 3 aromatic rings. The molecule has 0 amide bonds. The molecule has 0 aliphatic rings. The predicted octanol–water partition coefficient (Wildman–Crippen LogP) is 4.20. The van der Waals surface area contributed by atoms with Gasteiger partial charge in [0.15, 0.2) is 0 Å². The van der Waals surface area contributed by atoms with Crippen LogP contribution in [0.5, 0.6) is 0 Å². The molecular weight excluding hydrogens is 322 g/mol. The standard InChI is InChI=1S/3C6H6N.CH4.Cr/c3*1-6-4-2-3-5-7-6;;/h3*2-4H,1H3;1H4;/q3*-1;;+3. The minimum absolute atomic E-state index is 0. The SMILES string of the molecule is C.Cc1ccc[c-]n1.Cc1ccc[c-]n1.Cc1ccc[c-]n1.[Cr+3]. The number of hydrogen-bond donors (Lipinski definition) is 0. The maximum atomic E-state index is 3.85. The van der Waals surface area contributed by atoms with Crippen LogP contribution in [-0.4, -0.2) is 15.0 Å². The molecule has 3 aromatic heterocycles. The van der Waals surface area contributed by atoms with E-state index in [1.807, 2.05) is 57.2 Å². The Morgan fingerprint density at radius 1 is 0.609 bits per heavy atom. The molecule has 0 N–H and O–H groups in total. The van der Waals surface area contributed by atoms with Gasteiger partial charge in [-0.15, -0.1) is 0 Å². The van der Waals surface area contributed by atoms with Crippen LogP contribution < -0.4 is 0 Å². The van der Waals surface area contributed by atoms with E-state index in [0.717, 1.165) is 17.1 Å². The Kier molecular flexibility index (Phi) is 15.1. The number of aromatic nitrogens is 3. The van der Waals surface area contributed by atoms with Crippen molar-refractivity contribution in [2.45, 2.75) is 28.2 Å². The van der Waals surface area contributed by atoms with Gasteiger partial charge in [0.1, 0.15) is 0 Å². The van der Waals surface area contributed by atoms with Gasteiger partial charge >= 0.3 is 17.4 Å². The van der Waals surface area contributed by atoms with Crippen LogP contribution in [0.25, 0.3) is 0 Å². The van der Waals surface area contributed by atoms with Crippen molar-refractivity contribution in [3.05, 3.63) is 90.3 Å². The first-order valence-corrected chi connectivity index (χ1v) is 6.57. The molecule has 119 valence electrons.